The van der Waals surface area contributed by atoms with Crippen LogP contribution in [0.5, 0.6) is 0 Å². The molecule has 0 saturated heterocycles. The number of rotatable bonds is 5. The Bertz CT molecular complexity index is 198. The average molecular weight is 201 g/mol. The molecular formula is C10H19NO3. The molecule has 0 aromatic carbocycles. The Balaban J connectivity index is 2.16. The third kappa shape index (κ3) is 3.27. The van der Waals surface area contributed by atoms with E-state index in [0.29, 0.717) is 5.92 Å². The van der Waals surface area contributed by atoms with Crippen molar-refractivity contribution in [3.63, 3.8) is 0 Å². The fourth-order valence-electron chi connectivity index (χ4n) is 1.81. The van der Waals surface area contributed by atoms with Gasteiger partial charge in [-0.1, -0.05) is 12.8 Å². The van der Waals surface area contributed by atoms with Gasteiger partial charge in [0.1, 0.15) is 0 Å². The van der Waals surface area contributed by atoms with Gasteiger partial charge in [-0.3, -0.25) is 0 Å². The zero-order valence-electron chi connectivity index (χ0n) is 8.62. The number of aliphatic carboxylic acids is 1. The molecule has 1 aliphatic rings. The van der Waals surface area contributed by atoms with E-state index >= 15 is 0 Å². The van der Waals surface area contributed by atoms with Gasteiger partial charge in [-0.2, -0.15) is 0 Å². The molecule has 0 heterocycles. The summed E-state index contributed by atoms with van der Waals surface area (Å²) in [6, 6.07) is 0. The SMILES string of the molecule is CC(O)(CNCC1CCCC1)C(=O)O. The highest BCUT2D eigenvalue weighted by atomic mass is 16.4. The lowest BCUT2D eigenvalue weighted by Crippen LogP contribution is -2.45. The number of hydrogen-bond donors (Lipinski definition) is 3. The molecule has 0 radical (unpaired) electrons. The maximum atomic E-state index is 10.6. The van der Waals surface area contributed by atoms with Gasteiger partial charge in [-0.25, -0.2) is 4.79 Å². The second kappa shape index (κ2) is 4.75. The van der Waals surface area contributed by atoms with Crippen LogP contribution in [0.4, 0.5) is 0 Å². The van der Waals surface area contributed by atoms with Gasteiger partial charge in [0.2, 0.25) is 0 Å². The van der Waals surface area contributed by atoms with Crippen LogP contribution in [-0.4, -0.2) is 34.9 Å². The van der Waals surface area contributed by atoms with Crippen LogP contribution < -0.4 is 5.32 Å². The van der Waals surface area contributed by atoms with Crippen LogP contribution in [0.15, 0.2) is 0 Å². The molecule has 1 saturated carbocycles. The highest BCUT2D eigenvalue weighted by molar-refractivity contribution is 5.76. The lowest BCUT2D eigenvalue weighted by Gasteiger charge is -2.19. The maximum absolute atomic E-state index is 10.6. The van der Waals surface area contributed by atoms with Crippen molar-refractivity contribution in [2.24, 2.45) is 5.92 Å². The molecule has 14 heavy (non-hydrogen) atoms. The quantitative estimate of drug-likeness (QED) is 0.609. The van der Waals surface area contributed by atoms with E-state index in [2.05, 4.69) is 5.32 Å². The van der Waals surface area contributed by atoms with Crippen LogP contribution in [0.2, 0.25) is 0 Å². The minimum absolute atomic E-state index is 0.124. The Morgan fingerprint density at radius 2 is 2.07 bits per heavy atom. The van der Waals surface area contributed by atoms with E-state index in [9.17, 15) is 9.90 Å². The molecule has 1 aliphatic carbocycles. The third-order valence-corrected chi connectivity index (χ3v) is 2.84. The molecule has 1 rings (SSSR count). The van der Waals surface area contributed by atoms with Gasteiger partial charge in [0.25, 0.3) is 0 Å². The predicted octanol–water partition coefficient (Wildman–Crippen LogP) is 0.602. The van der Waals surface area contributed by atoms with Crippen LogP contribution in [0, 0.1) is 5.92 Å². The topological polar surface area (TPSA) is 69.6 Å². The first-order valence-electron chi connectivity index (χ1n) is 5.19. The fraction of sp³-hybridized carbons (Fsp3) is 0.900. The van der Waals surface area contributed by atoms with Gasteiger partial charge < -0.3 is 15.5 Å². The fourth-order valence-corrected chi connectivity index (χ4v) is 1.81. The highest BCUT2D eigenvalue weighted by Crippen LogP contribution is 2.23. The average Bonchev–Trinajstić information content (AvgIpc) is 2.56. The van der Waals surface area contributed by atoms with E-state index in [0.717, 1.165) is 6.54 Å². The standard InChI is InChI=1S/C10H19NO3/c1-10(14,9(12)13)7-11-6-8-4-2-3-5-8/h8,11,14H,2-7H2,1H3,(H,12,13). The van der Waals surface area contributed by atoms with Crippen molar-refractivity contribution in [3.8, 4) is 0 Å². The van der Waals surface area contributed by atoms with Crippen molar-refractivity contribution < 1.29 is 15.0 Å². The van der Waals surface area contributed by atoms with E-state index in [1.807, 2.05) is 0 Å². The summed E-state index contributed by atoms with van der Waals surface area (Å²) >= 11 is 0. The third-order valence-electron chi connectivity index (χ3n) is 2.84. The highest BCUT2D eigenvalue weighted by Gasteiger charge is 2.29. The Hall–Kier alpha value is -0.610. The Morgan fingerprint density at radius 3 is 2.57 bits per heavy atom. The second-order valence-electron chi connectivity index (χ2n) is 4.36. The van der Waals surface area contributed by atoms with Crippen molar-refractivity contribution in [2.45, 2.75) is 38.2 Å². The van der Waals surface area contributed by atoms with Crippen LogP contribution in [0.25, 0.3) is 0 Å². The summed E-state index contributed by atoms with van der Waals surface area (Å²) in [7, 11) is 0. The van der Waals surface area contributed by atoms with Crippen molar-refractivity contribution in [2.75, 3.05) is 13.1 Å². The van der Waals surface area contributed by atoms with E-state index in [-0.39, 0.29) is 6.54 Å². The first-order chi connectivity index (χ1) is 6.52. The van der Waals surface area contributed by atoms with Crippen molar-refractivity contribution in [1.29, 1.82) is 0 Å². The summed E-state index contributed by atoms with van der Waals surface area (Å²) < 4.78 is 0. The molecule has 1 unspecified atom stereocenters. The van der Waals surface area contributed by atoms with E-state index in [1.165, 1.54) is 32.6 Å². The molecule has 0 aromatic rings. The Labute approximate surface area is 84.3 Å². The number of nitrogens with one attached hydrogen (secondary N) is 1. The molecule has 0 aromatic heterocycles. The normalized spacial score (nSPS) is 22.1. The summed E-state index contributed by atoms with van der Waals surface area (Å²) in [5.74, 6) is -0.504. The molecule has 1 atom stereocenters. The zero-order chi connectivity index (χ0) is 10.6. The first-order valence-corrected chi connectivity index (χ1v) is 5.19. The van der Waals surface area contributed by atoms with Gasteiger partial charge in [-0.15, -0.1) is 0 Å². The number of carboxylic acids is 1. The van der Waals surface area contributed by atoms with E-state index in [1.54, 1.807) is 0 Å². The van der Waals surface area contributed by atoms with Crippen molar-refractivity contribution >= 4 is 5.97 Å². The predicted molar refractivity (Wildman–Crippen MR) is 53.1 cm³/mol. The summed E-state index contributed by atoms with van der Waals surface area (Å²) in [5, 5.41) is 21.1. The molecule has 0 bridgehead atoms. The Kier molecular flexibility index (Phi) is 3.89. The maximum Gasteiger partial charge on any atom is 0.336 e. The van der Waals surface area contributed by atoms with Gasteiger partial charge in [0.15, 0.2) is 5.60 Å². The van der Waals surface area contributed by atoms with Crippen LogP contribution in [0.1, 0.15) is 32.6 Å². The first kappa shape index (κ1) is 11.5. The van der Waals surface area contributed by atoms with Gasteiger partial charge >= 0.3 is 5.97 Å². The molecule has 4 nitrogen and oxygen atoms in total. The number of hydrogen-bond acceptors (Lipinski definition) is 3. The molecule has 3 N–H and O–H groups in total. The van der Waals surface area contributed by atoms with Crippen LogP contribution >= 0.6 is 0 Å². The zero-order valence-corrected chi connectivity index (χ0v) is 8.62. The van der Waals surface area contributed by atoms with E-state index in [4.69, 9.17) is 5.11 Å². The number of aliphatic hydroxyl groups is 1. The monoisotopic (exact) mass is 201 g/mol. The summed E-state index contributed by atoms with van der Waals surface area (Å²) in [6.07, 6.45) is 5.01. The van der Waals surface area contributed by atoms with Gasteiger partial charge in [-0.05, 0) is 32.2 Å². The van der Waals surface area contributed by atoms with E-state index < -0.39 is 11.6 Å². The molecule has 0 amide bonds. The second-order valence-corrected chi connectivity index (χ2v) is 4.36. The van der Waals surface area contributed by atoms with Gasteiger partial charge in [0.05, 0.1) is 0 Å². The molecule has 0 aliphatic heterocycles. The van der Waals surface area contributed by atoms with Gasteiger partial charge in [0, 0.05) is 6.54 Å². The molecule has 82 valence electrons. The molecular weight excluding hydrogens is 182 g/mol. The minimum Gasteiger partial charge on any atom is -0.479 e. The summed E-state index contributed by atoms with van der Waals surface area (Å²) in [5.41, 5.74) is -1.64. The molecule has 0 spiro atoms. The summed E-state index contributed by atoms with van der Waals surface area (Å²) in [4.78, 5) is 10.6. The Morgan fingerprint density at radius 1 is 1.50 bits per heavy atom. The van der Waals surface area contributed by atoms with Crippen molar-refractivity contribution in [1.82, 2.24) is 5.32 Å². The minimum atomic E-state index is -1.64. The number of carbonyl (C=O) groups is 1. The molecule has 4 heteroatoms. The van der Waals surface area contributed by atoms with Crippen molar-refractivity contribution in [3.05, 3.63) is 0 Å². The van der Waals surface area contributed by atoms with Crippen LogP contribution in [0.3, 0.4) is 0 Å². The lowest BCUT2D eigenvalue weighted by atomic mass is 10.1. The smallest absolute Gasteiger partial charge is 0.336 e. The summed E-state index contributed by atoms with van der Waals surface area (Å²) in [6.45, 7) is 2.26. The largest absolute Gasteiger partial charge is 0.479 e. The lowest BCUT2D eigenvalue weighted by molar-refractivity contribution is -0.156. The molecule has 1 fully saturated rings. The van der Waals surface area contributed by atoms with Crippen LogP contribution in [-0.2, 0) is 4.79 Å². The number of carboxylic acid groups (broad SMARTS) is 1.